The fourth-order valence-corrected chi connectivity index (χ4v) is 2.21. The number of aliphatic imine (C=N–C) groups is 1. The first-order valence-corrected chi connectivity index (χ1v) is 9.05. The first kappa shape index (κ1) is 25.1. The van der Waals surface area contributed by atoms with Gasteiger partial charge in [-0.1, -0.05) is 49.7 Å². The van der Waals surface area contributed by atoms with E-state index >= 15 is 0 Å². The zero-order valence-electron chi connectivity index (χ0n) is 16.8. The zero-order chi connectivity index (χ0) is 22.8. The van der Waals surface area contributed by atoms with Gasteiger partial charge in [0.2, 0.25) is 5.82 Å². The summed E-state index contributed by atoms with van der Waals surface area (Å²) in [7, 11) is 0. The number of hydrogen-bond donors (Lipinski definition) is 1. The summed E-state index contributed by atoms with van der Waals surface area (Å²) in [6.07, 6.45) is 1.00. The number of carbonyl (C=O) groups excluding carboxylic acids is 1. The second-order valence-corrected chi connectivity index (χ2v) is 6.69. The molecule has 0 aliphatic carbocycles. The van der Waals surface area contributed by atoms with Crippen LogP contribution in [-0.4, -0.2) is 25.0 Å². The molecule has 0 saturated carbocycles. The number of nitrogens with zero attached hydrogens (tertiary/aromatic N) is 1. The van der Waals surface area contributed by atoms with Gasteiger partial charge in [-0.2, -0.15) is 0 Å². The molecule has 2 aromatic carbocycles. The number of primary amides is 1. The summed E-state index contributed by atoms with van der Waals surface area (Å²) in [6.45, 7) is 8.08. The molecule has 0 aromatic heterocycles. The molecule has 1 amide bonds. The van der Waals surface area contributed by atoms with Crippen LogP contribution in [0, 0.1) is 41.9 Å². The Morgan fingerprint density at radius 1 is 1.00 bits per heavy atom. The topological polar surface area (TPSA) is 64.7 Å². The highest BCUT2D eigenvalue weighted by Gasteiger charge is 2.28. The lowest BCUT2D eigenvalue weighted by Gasteiger charge is -2.03. The van der Waals surface area contributed by atoms with Gasteiger partial charge in [0.15, 0.2) is 29.2 Å². The predicted octanol–water partition coefficient (Wildman–Crippen LogP) is 4.94. The lowest BCUT2D eigenvalue weighted by atomic mass is 10.1. The molecule has 4 nitrogen and oxygen atoms in total. The van der Waals surface area contributed by atoms with Crippen LogP contribution in [0.3, 0.4) is 0 Å². The van der Waals surface area contributed by atoms with Gasteiger partial charge in [0.25, 0.3) is 5.91 Å². The van der Waals surface area contributed by atoms with Crippen molar-refractivity contribution in [3.63, 3.8) is 0 Å². The fraction of sp³-hybridized carbons (Fsp3) is 0.333. The lowest BCUT2D eigenvalue weighted by molar-refractivity contribution is 0.0989. The van der Waals surface area contributed by atoms with Crippen LogP contribution >= 0.6 is 0 Å². The molecular formula is C21H23F5N2O2. The van der Waals surface area contributed by atoms with E-state index in [-0.39, 0.29) is 0 Å². The number of ether oxygens (including phenoxy) is 1. The maximum atomic E-state index is 12.6. The third kappa shape index (κ3) is 7.46. The smallest absolute Gasteiger partial charge is 0.254 e. The SMILES string of the molecule is CC(C)CC1=NCCO1.Cc1ccccc1.NC(=O)c1c(F)c(F)c(F)c(F)c1F. The van der Waals surface area contributed by atoms with Crippen molar-refractivity contribution in [1.29, 1.82) is 0 Å². The highest BCUT2D eigenvalue weighted by atomic mass is 19.2. The van der Waals surface area contributed by atoms with Crippen molar-refractivity contribution in [2.75, 3.05) is 13.2 Å². The van der Waals surface area contributed by atoms with E-state index in [2.05, 4.69) is 43.6 Å². The minimum atomic E-state index is -2.33. The van der Waals surface area contributed by atoms with Crippen molar-refractivity contribution in [2.45, 2.75) is 27.2 Å². The van der Waals surface area contributed by atoms with Gasteiger partial charge in [0, 0.05) is 6.42 Å². The quantitative estimate of drug-likeness (QED) is 0.426. The Hall–Kier alpha value is -2.97. The third-order valence-corrected chi connectivity index (χ3v) is 3.63. The summed E-state index contributed by atoms with van der Waals surface area (Å²) < 4.78 is 67.6. The van der Waals surface area contributed by atoms with E-state index in [1.54, 1.807) is 0 Å². The van der Waals surface area contributed by atoms with Crippen molar-refractivity contribution < 1.29 is 31.5 Å². The van der Waals surface area contributed by atoms with Crippen molar-refractivity contribution in [1.82, 2.24) is 0 Å². The number of aryl methyl sites for hydroxylation is 1. The van der Waals surface area contributed by atoms with Crippen molar-refractivity contribution in [3.8, 4) is 0 Å². The van der Waals surface area contributed by atoms with E-state index in [9.17, 15) is 26.7 Å². The highest BCUT2D eigenvalue weighted by molar-refractivity contribution is 5.93. The molecule has 0 saturated heterocycles. The second-order valence-electron chi connectivity index (χ2n) is 6.69. The number of carbonyl (C=O) groups is 1. The third-order valence-electron chi connectivity index (χ3n) is 3.63. The van der Waals surface area contributed by atoms with Crippen molar-refractivity contribution >= 4 is 11.8 Å². The van der Waals surface area contributed by atoms with Crippen LogP contribution < -0.4 is 5.73 Å². The van der Waals surface area contributed by atoms with E-state index in [0.29, 0.717) is 5.92 Å². The normalized spacial score (nSPS) is 12.2. The minimum Gasteiger partial charge on any atom is -0.479 e. The molecule has 0 radical (unpaired) electrons. The first-order chi connectivity index (χ1) is 14.1. The Kier molecular flexibility index (Phi) is 9.94. The summed E-state index contributed by atoms with van der Waals surface area (Å²) in [5.74, 6) is -11.3. The molecule has 2 aromatic rings. The lowest BCUT2D eigenvalue weighted by Crippen LogP contribution is -2.19. The van der Waals surface area contributed by atoms with E-state index in [0.717, 1.165) is 25.5 Å². The fourth-order valence-electron chi connectivity index (χ4n) is 2.21. The van der Waals surface area contributed by atoms with Crippen LogP contribution in [0.5, 0.6) is 0 Å². The monoisotopic (exact) mass is 430 g/mol. The Balaban J connectivity index is 0.000000241. The molecule has 0 bridgehead atoms. The molecule has 2 N–H and O–H groups in total. The molecule has 1 heterocycles. The summed E-state index contributed by atoms with van der Waals surface area (Å²) in [5.41, 5.74) is 4.11. The largest absolute Gasteiger partial charge is 0.479 e. The predicted molar refractivity (Wildman–Crippen MR) is 104 cm³/mol. The van der Waals surface area contributed by atoms with Gasteiger partial charge in [0.1, 0.15) is 12.2 Å². The van der Waals surface area contributed by atoms with E-state index < -0.39 is 40.6 Å². The Morgan fingerprint density at radius 3 is 1.83 bits per heavy atom. The summed E-state index contributed by atoms with van der Waals surface area (Å²) in [5, 5.41) is 0. The van der Waals surface area contributed by atoms with Crippen LogP contribution in [0.4, 0.5) is 22.0 Å². The van der Waals surface area contributed by atoms with Crippen molar-refractivity contribution in [2.24, 2.45) is 16.6 Å². The van der Waals surface area contributed by atoms with Gasteiger partial charge >= 0.3 is 0 Å². The minimum absolute atomic E-state index is 0.668. The number of amides is 1. The Bertz CT molecular complexity index is 858. The van der Waals surface area contributed by atoms with Gasteiger partial charge in [-0.15, -0.1) is 0 Å². The molecule has 0 fully saturated rings. The van der Waals surface area contributed by atoms with E-state index in [4.69, 9.17) is 4.74 Å². The van der Waals surface area contributed by atoms with Gasteiger partial charge < -0.3 is 10.5 Å². The van der Waals surface area contributed by atoms with Gasteiger partial charge in [-0.05, 0) is 12.8 Å². The van der Waals surface area contributed by atoms with E-state index in [1.807, 2.05) is 18.2 Å². The molecule has 0 spiro atoms. The number of rotatable bonds is 3. The Morgan fingerprint density at radius 2 is 1.50 bits per heavy atom. The molecule has 1 aliphatic heterocycles. The standard InChI is InChI=1S/C7H2F5NO.C7H13NO.C7H8/c8-2-1(7(13)14)3(9)5(11)6(12)4(2)10;1-6(2)5-7-8-3-4-9-7;1-7-5-3-2-4-6-7/h(H2,13,14);6H,3-5H2,1-2H3;2-6H,1H3. The zero-order valence-corrected chi connectivity index (χ0v) is 16.8. The maximum Gasteiger partial charge on any atom is 0.254 e. The highest BCUT2D eigenvalue weighted by Crippen LogP contribution is 2.22. The number of benzene rings is 2. The molecule has 0 unspecified atom stereocenters. The maximum absolute atomic E-state index is 12.6. The van der Waals surface area contributed by atoms with Gasteiger partial charge in [-0.25, -0.2) is 22.0 Å². The van der Waals surface area contributed by atoms with Crippen LogP contribution in [0.1, 0.15) is 36.2 Å². The van der Waals surface area contributed by atoms with E-state index in [1.165, 1.54) is 5.56 Å². The molecule has 1 aliphatic rings. The number of nitrogens with two attached hydrogens (primary N) is 1. The van der Waals surface area contributed by atoms with Crippen LogP contribution in [-0.2, 0) is 4.74 Å². The van der Waals surface area contributed by atoms with Gasteiger partial charge in [-0.3, -0.25) is 9.79 Å². The van der Waals surface area contributed by atoms with Crippen molar-refractivity contribution in [3.05, 3.63) is 70.5 Å². The Labute approximate surface area is 171 Å². The van der Waals surface area contributed by atoms with Gasteiger partial charge in [0.05, 0.1) is 6.54 Å². The first-order valence-electron chi connectivity index (χ1n) is 9.05. The average Bonchev–Trinajstić information content (AvgIpc) is 3.19. The molecular weight excluding hydrogens is 407 g/mol. The molecule has 3 rings (SSSR count). The molecule has 30 heavy (non-hydrogen) atoms. The summed E-state index contributed by atoms with van der Waals surface area (Å²) in [4.78, 5) is 14.5. The molecule has 0 atom stereocenters. The summed E-state index contributed by atoms with van der Waals surface area (Å²) >= 11 is 0. The van der Waals surface area contributed by atoms with Crippen LogP contribution in [0.2, 0.25) is 0 Å². The second kappa shape index (κ2) is 11.9. The molecule has 9 heteroatoms. The van der Waals surface area contributed by atoms with Crippen LogP contribution in [0.25, 0.3) is 0 Å². The summed E-state index contributed by atoms with van der Waals surface area (Å²) in [6, 6.07) is 10.3. The molecule has 164 valence electrons. The van der Waals surface area contributed by atoms with Crippen LogP contribution in [0.15, 0.2) is 35.3 Å². The number of halogens is 5. The average molecular weight is 430 g/mol. The number of hydrogen-bond acceptors (Lipinski definition) is 3.